The maximum Gasteiger partial charge on any atom is 0.186 e. The van der Waals surface area contributed by atoms with Gasteiger partial charge in [-0.05, 0) is 12.8 Å². The van der Waals surface area contributed by atoms with Crippen LogP contribution in [0.25, 0.3) is 0 Å². The maximum absolute atomic E-state index is 10.7. The average molecular weight is 475 g/mol. The molecular formula is C27H54O6. The largest absolute Gasteiger partial charge is 0.387 e. The summed E-state index contributed by atoms with van der Waals surface area (Å²) >= 11 is 0. The predicted molar refractivity (Wildman–Crippen MR) is 133 cm³/mol. The van der Waals surface area contributed by atoms with Crippen molar-refractivity contribution in [3.63, 3.8) is 0 Å². The highest BCUT2D eigenvalue weighted by molar-refractivity contribution is 4.90. The summed E-state index contributed by atoms with van der Waals surface area (Å²) in [6.45, 7) is 5.94. The molecule has 6 nitrogen and oxygen atoms in total. The van der Waals surface area contributed by atoms with Gasteiger partial charge in [0.25, 0.3) is 0 Å². The molecule has 6 heteroatoms. The molecule has 0 saturated carbocycles. The van der Waals surface area contributed by atoms with Crippen LogP contribution < -0.4 is 0 Å². The molecule has 0 amide bonds. The highest BCUT2D eigenvalue weighted by Crippen LogP contribution is 2.25. The second-order valence-corrected chi connectivity index (χ2v) is 9.62. The summed E-state index contributed by atoms with van der Waals surface area (Å²) in [5.41, 5.74) is 0. The fourth-order valence-corrected chi connectivity index (χ4v) is 4.42. The van der Waals surface area contributed by atoms with Crippen molar-refractivity contribution < 1.29 is 29.2 Å². The van der Waals surface area contributed by atoms with Crippen molar-refractivity contribution in [2.75, 3.05) is 26.9 Å². The molecule has 0 unspecified atom stereocenters. The fraction of sp³-hybridized carbons (Fsp3) is 1.00. The Morgan fingerprint density at radius 3 is 1.64 bits per heavy atom. The Labute approximate surface area is 203 Å². The lowest BCUT2D eigenvalue weighted by atomic mass is 9.99. The van der Waals surface area contributed by atoms with Crippen molar-refractivity contribution in [3.05, 3.63) is 0 Å². The molecule has 0 aromatic rings. The Balaban J connectivity index is 2.21. The molecular weight excluding hydrogens is 420 g/mol. The second kappa shape index (κ2) is 21.1. The van der Waals surface area contributed by atoms with Crippen molar-refractivity contribution in [3.8, 4) is 0 Å². The third-order valence-corrected chi connectivity index (χ3v) is 6.61. The van der Waals surface area contributed by atoms with Crippen molar-refractivity contribution in [1.82, 2.24) is 0 Å². The van der Waals surface area contributed by atoms with Crippen LogP contribution in [-0.4, -0.2) is 67.8 Å². The fourth-order valence-electron chi connectivity index (χ4n) is 4.42. The van der Waals surface area contributed by atoms with Crippen LogP contribution in [0.1, 0.15) is 117 Å². The van der Waals surface area contributed by atoms with Gasteiger partial charge < -0.3 is 29.2 Å². The molecule has 1 aliphatic heterocycles. The molecule has 0 aromatic carbocycles. The van der Waals surface area contributed by atoms with E-state index < -0.39 is 30.7 Å². The van der Waals surface area contributed by atoms with Gasteiger partial charge in [0.05, 0.1) is 6.61 Å². The molecule has 5 atom stereocenters. The van der Waals surface area contributed by atoms with E-state index in [9.17, 15) is 10.2 Å². The summed E-state index contributed by atoms with van der Waals surface area (Å²) < 4.78 is 22.7. The normalized spacial score (nSPS) is 25.5. The van der Waals surface area contributed by atoms with Crippen LogP contribution in [-0.2, 0) is 18.9 Å². The van der Waals surface area contributed by atoms with E-state index in [1.807, 2.05) is 0 Å². The van der Waals surface area contributed by atoms with E-state index in [2.05, 4.69) is 13.8 Å². The summed E-state index contributed by atoms with van der Waals surface area (Å²) in [4.78, 5) is 0. The lowest BCUT2D eigenvalue weighted by molar-refractivity contribution is -0.303. The van der Waals surface area contributed by atoms with Gasteiger partial charge in [-0.15, -0.1) is 0 Å². The van der Waals surface area contributed by atoms with Crippen LogP contribution in [0, 0.1) is 0 Å². The van der Waals surface area contributed by atoms with Gasteiger partial charge in [-0.3, -0.25) is 0 Å². The predicted octanol–water partition coefficient (Wildman–Crippen LogP) is 5.76. The zero-order valence-electron chi connectivity index (χ0n) is 21.8. The molecule has 0 aliphatic carbocycles. The van der Waals surface area contributed by atoms with Gasteiger partial charge in [0.2, 0.25) is 0 Å². The Hall–Kier alpha value is -0.240. The first-order chi connectivity index (χ1) is 16.2. The van der Waals surface area contributed by atoms with Gasteiger partial charge in [0.1, 0.15) is 24.4 Å². The first kappa shape index (κ1) is 30.8. The van der Waals surface area contributed by atoms with E-state index in [4.69, 9.17) is 18.9 Å². The first-order valence-corrected chi connectivity index (χ1v) is 13.9. The van der Waals surface area contributed by atoms with Gasteiger partial charge in [0, 0.05) is 20.3 Å². The topological polar surface area (TPSA) is 77.4 Å². The van der Waals surface area contributed by atoms with E-state index in [0.29, 0.717) is 13.2 Å². The molecule has 0 aromatic heterocycles. The minimum Gasteiger partial charge on any atom is -0.387 e. The van der Waals surface area contributed by atoms with E-state index in [0.717, 1.165) is 19.3 Å². The SMILES string of the molecule is CCCCCCCCCCOC[C@H]1O[C@@H](OC)[C@H](O)[C@@H](OCCCCCCCCCC)[C@H]1O. The molecule has 0 spiro atoms. The average Bonchev–Trinajstić information content (AvgIpc) is 2.82. The Kier molecular flexibility index (Phi) is 19.7. The van der Waals surface area contributed by atoms with Crippen LogP contribution in [0.4, 0.5) is 0 Å². The lowest BCUT2D eigenvalue weighted by Gasteiger charge is -2.41. The Morgan fingerprint density at radius 1 is 0.636 bits per heavy atom. The van der Waals surface area contributed by atoms with Gasteiger partial charge in [-0.25, -0.2) is 0 Å². The summed E-state index contributed by atoms with van der Waals surface area (Å²) in [5.74, 6) is 0. The summed E-state index contributed by atoms with van der Waals surface area (Å²) in [6.07, 6.45) is 15.8. The van der Waals surface area contributed by atoms with E-state index in [-0.39, 0.29) is 6.61 Å². The van der Waals surface area contributed by atoms with E-state index in [1.165, 1.54) is 90.6 Å². The van der Waals surface area contributed by atoms with Gasteiger partial charge in [-0.1, -0.05) is 104 Å². The molecule has 0 radical (unpaired) electrons. The van der Waals surface area contributed by atoms with Crippen molar-refractivity contribution in [1.29, 1.82) is 0 Å². The zero-order valence-corrected chi connectivity index (χ0v) is 21.8. The lowest BCUT2D eigenvalue weighted by Crippen LogP contribution is -2.60. The van der Waals surface area contributed by atoms with Gasteiger partial charge >= 0.3 is 0 Å². The van der Waals surface area contributed by atoms with E-state index >= 15 is 0 Å². The third kappa shape index (κ3) is 14.0. The van der Waals surface area contributed by atoms with Gasteiger partial charge in [0.15, 0.2) is 6.29 Å². The smallest absolute Gasteiger partial charge is 0.186 e. The molecule has 1 fully saturated rings. The molecule has 0 bridgehead atoms. The second-order valence-electron chi connectivity index (χ2n) is 9.62. The van der Waals surface area contributed by atoms with Crippen LogP contribution in [0.2, 0.25) is 0 Å². The zero-order chi connectivity index (χ0) is 24.2. The number of hydrogen-bond acceptors (Lipinski definition) is 6. The number of rotatable bonds is 22. The summed E-state index contributed by atoms with van der Waals surface area (Å²) in [6, 6.07) is 0. The third-order valence-electron chi connectivity index (χ3n) is 6.61. The van der Waals surface area contributed by atoms with Crippen LogP contribution >= 0.6 is 0 Å². The van der Waals surface area contributed by atoms with Crippen molar-refractivity contribution >= 4 is 0 Å². The summed E-state index contributed by atoms with van der Waals surface area (Å²) in [7, 11) is 1.50. The quantitative estimate of drug-likeness (QED) is 0.194. The van der Waals surface area contributed by atoms with Crippen LogP contribution in [0.15, 0.2) is 0 Å². The molecule has 2 N–H and O–H groups in total. The molecule has 33 heavy (non-hydrogen) atoms. The maximum atomic E-state index is 10.7. The van der Waals surface area contributed by atoms with Crippen molar-refractivity contribution in [2.24, 2.45) is 0 Å². The number of aliphatic hydroxyl groups is 2. The Morgan fingerprint density at radius 2 is 1.12 bits per heavy atom. The molecule has 1 saturated heterocycles. The molecule has 1 heterocycles. The highest BCUT2D eigenvalue weighted by Gasteiger charge is 2.45. The minimum absolute atomic E-state index is 0.280. The van der Waals surface area contributed by atoms with Gasteiger partial charge in [-0.2, -0.15) is 0 Å². The highest BCUT2D eigenvalue weighted by atomic mass is 16.7. The standard InChI is InChI=1S/C27H54O6/c1-4-6-8-10-12-14-16-18-20-31-22-23-24(28)26(25(29)27(30-3)33-23)32-21-19-17-15-13-11-9-7-5-2/h23-29H,4-22H2,1-3H3/t23-,24+,25-,26+,27-/m1/s1. The summed E-state index contributed by atoms with van der Waals surface area (Å²) in [5, 5.41) is 21.2. The Bertz CT molecular complexity index is 421. The number of methoxy groups -OCH3 is 1. The number of aliphatic hydroxyl groups excluding tert-OH is 2. The molecule has 1 aliphatic rings. The molecule has 198 valence electrons. The first-order valence-electron chi connectivity index (χ1n) is 13.9. The van der Waals surface area contributed by atoms with Crippen LogP contribution in [0.5, 0.6) is 0 Å². The number of ether oxygens (including phenoxy) is 4. The number of hydrogen-bond donors (Lipinski definition) is 2. The van der Waals surface area contributed by atoms with E-state index in [1.54, 1.807) is 0 Å². The monoisotopic (exact) mass is 474 g/mol. The minimum atomic E-state index is -1.01. The molecule has 1 rings (SSSR count). The van der Waals surface area contributed by atoms with Crippen molar-refractivity contribution in [2.45, 2.75) is 147 Å². The van der Waals surface area contributed by atoms with Crippen LogP contribution in [0.3, 0.4) is 0 Å². The number of unbranched alkanes of at least 4 members (excludes halogenated alkanes) is 14.